The third-order valence-electron chi connectivity index (χ3n) is 3.82. The second-order valence-corrected chi connectivity index (χ2v) is 5.94. The normalized spacial score (nSPS) is 10.5. The number of hydrogen-bond donors (Lipinski definition) is 1. The van der Waals surface area contributed by atoms with Crippen LogP contribution in [0, 0.1) is 6.92 Å². The first-order valence-corrected chi connectivity index (χ1v) is 7.92. The summed E-state index contributed by atoms with van der Waals surface area (Å²) in [5.41, 5.74) is 2.63. The molecule has 0 saturated carbocycles. The molecule has 6 heteroatoms. The Balaban J connectivity index is 2.00. The van der Waals surface area contributed by atoms with Gasteiger partial charge in [-0.2, -0.15) is 0 Å². The van der Waals surface area contributed by atoms with Crippen LogP contribution in [-0.2, 0) is 4.74 Å². The number of benzene rings is 2. The first kappa shape index (κ1) is 16.9. The van der Waals surface area contributed by atoms with Crippen molar-refractivity contribution < 1.29 is 14.3 Å². The number of ether oxygens (including phenoxy) is 1. The molecule has 0 saturated heterocycles. The number of methoxy groups -OCH3 is 1. The average Bonchev–Trinajstić information content (AvgIpc) is 2.62. The van der Waals surface area contributed by atoms with Crippen LogP contribution in [0.4, 0.5) is 5.69 Å². The van der Waals surface area contributed by atoms with Crippen molar-refractivity contribution in [3.63, 3.8) is 0 Å². The zero-order valence-electron chi connectivity index (χ0n) is 13.7. The molecule has 1 N–H and O–H groups in total. The van der Waals surface area contributed by atoms with Gasteiger partial charge in [0.05, 0.1) is 23.8 Å². The number of nitrogens with zero attached hydrogens (tertiary/aromatic N) is 1. The number of hydrogen-bond acceptors (Lipinski definition) is 4. The third kappa shape index (κ3) is 3.46. The fourth-order valence-electron chi connectivity index (χ4n) is 2.52. The van der Waals surface area contributed by atoms with E-state index in [1.807, 2.05) is 13.0 Å². The number of amides is 1. The molecule has 3 aromatic rings. The van der Waals surface area contributed by atoms with Gasteiger partial charge in [0.25, 0.3) is 5.91 Å². The van der Waals surface area contributed by atoms with Crippen molar-refractivity contribution in [2.24, 2.45) is 0 Å². The van der Waals surface area contributed by atoms with Crippen molar-refractivity contribution in [1.29, 1.82) is 0 Å². The second-order valence-electron chi connectivity index (χ2n) is 5.50. The second kappa shape index (κ2) is 6.91. The molecule has 1 aromatic heterocycles. The number of nitrogens with one attached hydrogen (secondary N) is 1. The quantitative estimate of drug-likeness (QED) is 0.714. The maximum absolute atomic E-state index is 12.8. The van der Waals surface area contributed by atoms with Gasteiger partial charge in [0.15, 0.2) is 0 Å². The Morgan fingerprint density at radius 3 is 2.72 bits per heavy atom. The number of fused-ring (bicyclic) bond motifs is 1. The molecule has 5 nitrogen and oxygen atoms in total. The number of carbonyl (C=O) groups is 2. The number of carbonyl (C=O) groups excluding carboxylic acids is 2. The maximum atomic E-state index is 12.8. The van der Waals surface area contributed by atoms with Crippen molar-refractivity contribution in [2.45, 2.75) is 6.92 Å². The summed E-state index contributed by atoms with van der Waals surface area (Å²) in [5, 5.41) is 4.05. The van der Waals surface area contributed by atoms with Gasteiger partial charge in [0, 0.05) is 22.3 Å². The van der Waals surface area contributed by atoms with E-state index < -0.39 is 5.97 Å². The number of pyridine rings is 1. The van der Waals surface area contributed by atoms with E-state index in [1.54, 1.807) is 42.6 Å². The Kier molecular flexibility index (Phi) is 4.67. The van der Waals surface area contributed by atoms with E-state index in [2.05, 4.69) is 10.3 Å². The monoisotopic (exact) mass is 354 g/mol. The molecule has 3 rings (SSSR count). The molecule has 0 fully saturated rings. The summed E-state index contributed by atoms with van der Waals surface area (Å²) >= 11 is 6.12. The van der Waals surface area contributed by atoms with Crippen LogP contribution in [0.15, 0.2) is 48.7 Å². The number of halogens is 1. The lowest BCUT2D eigenvalue weighted by Crippen LogP contribution is -2.14. The highest BCUT2D eigenvalue weighted by Crippen LogP contribution is 2.24. The van der Waals surface area contributed by atoms with Gasteiger partial charge >= 0.3 is 5.97 Å². The molecular formula is C19H15ClN2O3. The Morgan fingerprint density at radius 2 is 1.96 bits per heavy atom. The number of aromatic nitrogens is 1. The number of esters is 1. The van der Waals surface area contributed by atoms with Crippen LogP contribution in [0.2, 0.25) is 5.02 Å². The molecule has 0 unspecified atom stereocenters. The summed E-state index contributed by atoms with van der Waals surface area (Å²) in [6, 6.07) is 11.9. The SMILES string of the molecule is COC(=O)c1ccc(C)c(NC(=O)c2cc(Cl)cc3cccnc23)c1. The Morgan fingerprint density at radius 1 is 1.16 bits per heavy atom. The lowest BCUT2D eigenvalue weighted by molar-refractivity contribution is 0.0600. The van der Waals surface area contributed by atoms with E-state index in [-0.39, 0.29) is 5.91 Å². The Hall–Kier alpha value is -2.92. The highest BCUT2D eigenvalue weighted by atomic mass is 35.5. The van der Waals surface area contributed by atoms with Gasteiger partial charge in [-0.1, -0.05) is 23.7 Å². The zero-order chi connectivity index (χ0) is 18.0. The molecule has 1 amide bonds. The smallest absolute Gasteiger partial charge is 0.337 e. The van der Waals surface area contributed by atoms with Crippen LogP contribution in [0.25, 0.3) is 10.9 Å². The summed E-state index contributed by atoms with van der Waals surface area (Å²) in [6.07, 6.45) is 1.62. The standard InChI is InChI=1S/C19H15ClN2O3/c1-11-5-6-13(19(24)25-2)9-16(11)22-18(23)15-10-14(20)8-12-4-3-7-21-17(12)15/h3-10H,1-2H3,(H,22,23). The van der Waals surface area contributed by atoms with Crippen LogP contribution in [-0.4, -0.2) is 24.0 Å². The van der Waals surface area contributed by atoms with Crippen molar-refractivity contribution in [2.75, 3.05) is 12.4 Å². The molecule has 25 heavy (non-hydrogen) atoms. The zero-order valence-corrected chi connectivity index (χ0v) is 14.4. The maximum Gasteiger partial charge on any atom is 0.337 e. The number of anilines is 1. The van der Waals surface area contributed by atoms with Crippen LogP contribution < -0.4 is 5.32 Å². The lowest BCUT2D eigenvalue weighted by atomic mass is 10.1. The van der Waals surface area contributed by atoms with Gasteiger partial charge in [0.2, 0.25) is 0 Å². The Labute approximate surface area is 149 Å². The lowest BCUT2D eigenvalue weighted by Gasteiger charge is -2.11. The van der Waals surface area contributed by atoms with E-state index >= 15 is 0 Å². The first-order valence-electron chi connectivity index (χ1n) is 7.54. The van der Waals surface area contributed by atoms with Gasteiger partial charge in [0.1, 0.15) is 0 Å². The molecule has 0 aliphatic heterocycles. The van der Waals surface area contributed by atoms with Crippen LogP contribution in [0.5, 0.6) is 0 Å². The van der Waals surface area contributed by atoms with Crippen LogP contribution in [0.1, 0.15) is 26.3 Å². The van der Waals surface area contributed by atoms with Crippen molar-refractivity contribution in [3.05, 3.63) is 70.4 Å². The minimum atomic E-state index is -0.467. The van der Waals surface area contributed by atoms with Crippen molar-refractivity contribution in [1.82, 2.24) is 4.98 Å². The molecule has 0 atom stereocenters. The fraction of sp³-hybridized carbons (Fsp3) is 0.105. The van der Waals surface area contributed by atoms with Crippen LogP contribution >= 0.6 is 11.6 Å². The third-order valence-corrected chi connectivity index (χ3v) is 4.04. The fourth-order valence-corrected chi connectivity index (χ4v) is 2.75. The van der Waals surface area contributed by atoms with E-state index in [1.165, 1.54) is 7.11 Å². The highest BCUT2D eigenvalue weighted by molar-refractivity contribution is 6.32. The van der Waals surface area contributed by atoms with E-state index in [0.29, 0.717) is 27.4 Å². The molecule has 0 spiro atoms. The molecule has 0 bridgehead atoms. The molecule has 0 aliphatic carbocycles. The summed E-state index contributed by atoms with van der Waals surface area (Å²) in [6.45, 7) is 1.84. The van der Waals surface area contributed by atoms with E-state index in [0.717, 1.165) is 10.9 Å². The summed E-state index contributed by atoms with van der Waals surface area (Å²) in [4.78, 5) is 28.7. The minimum Gasteiger partial charge on any atom is -0.465 e. The predicted molar refractivity (Wildman–Crippen MR) is 97.2 cm³/mol. The van der Waals surface area contributed by atoms with Crippen LogP contribution in [0.3, 0.4) is 0 Å². The molecular weight excluding hydrogens is 340 g/mol. The van der Waals surface area contributed by atoms with Gasteiger partial charge in [-0.15, -0.1) is 0 Å². The molecule has 0 radical (unpaired) electrons. The van der Waals surface area contributed by atoms with E-state index in [4.69, 9.17) is 16.3 Å². The topological polar surface area (TPSA) is 68.3 Å². The minimum absolute atomic E-state index is 0.351. The van der Waals surface area contributed by atoms with E-state index in [9.17, 15) is 9.59 Å². The van der Waals surface area contributed by atoms with Gasteiger partial charge in [-0.05, 0) is 42.8 Å². The molecule has 1 heterocycles. The summed E-state index contributed by atoms with van der Waals surface area (Å²) in [5.74, 6) is -0.818. The predicted octanol–water partition coefficient (Wildman–Crippen LogP) is 4.24. The number of aryl methyl sites for hydroxylation is 1. The van der Waals surface area contributed by atoms with Crippen molar-refractivity contribution >= 4 is 40.1 Å². The average molecular weight is 355 g/mol. The molecule has 126 valence electrons. The number of rotatable bonds is 3. The first-order chi connectivity index (χ1) is 12.0. The van der Waals surface area contributed by atoms with Gasteiger partial charge < -0.3 is 10.1 Å². The summed E-state index contributed by atoms with van der Waals surface area (Å²) in [7, 11) is 1.31. The largest absolute Gasteiger partial charge is 0.465 e. The van der Waals surface area contributed by atoms with Crippen molar-refractivity contribution in [3.8, 4) is 0 Å². The Bertz CT molecular complexity index is 986. The van der Waals surface area contributed by atoms with Gasteiger partial charge in [-0.25, -0.2) is 4.79 Å². The molecule has 0 aliphatic rings. The summed E-state index contributed by atoms with van der Waals surface area (Å²) < 4.78 is 4.72. The van der Waals surface area contributed by atoms with Gasteiger partial charge in [-0.3, -0.25) is 9.78 Å². The highest BCUT2D eigenvalue weighted by Gasteiger charge is 2.15. The molecule has 2 aromatic carbocycles.